The van der Waals surface area contributed by atoms with Gasteiger partial charge < -0.3 is 19.5 Å². The van der Waals surface area contributed by atoms with E-state index < -0.39 is 29.7 Å². The first-order valence-corrected chi connectivity index (χ1v) is 8.13. The molecule has 1 amide bonds. The van der Waals surface area contributed by atoms with Gasteiger partial charge in [0.15, 0.2) is 0 Å². The van der Waals surface area contributed by atoms with Gasteiger partial charge in [-0.15, -0.1) is 0 Å². The van der Waals surface area contributed by atoms with Crippen molar-refractivity contribution in [1.82, 2.24) is 4.90 Å². The maximum absolute atomic E-state index is 12.2. The van der Waals surface area contributed by atoms with E-state index in [1.807, 2.05) is 30.3 Å². The smallest absolute Gasteiger partial charge is 0.410 e. The number of benzene rings is 1. The van der Waals surface area contributed by atoms with Crippen LogP contribution in [0.5, 0.6) is 0 Å². The van der Waals surface area contributed by atoms with E-state index in [1.165, 1.54) is 4.90 Å². The third kappa shape index (κ3) is 5.23. The maximum Gasteiger partial charge on any atom is 0.410 e. The molecule has 0 radical (unpaired) electrons. The van der Waals surface area contributed by atoms with Crippen molar-refractivity contribution in [2.75, 3.05) is 13.1 Å². The second-order valence-electron chi connectivity index (χ2n) is 6.98. The Morgan fingerprint density at radius 1 is 1.25 bits per heavy atom. The van der Waals surface area contributed by atoms with Crippen molar-refractivity contribution < 1.29 is 24.2 Å². The zero-order valence-electron chi connectivity index (χ0n) is 14.4. The predicted octanol–water partition coefficient (Wildman–Crippen LogP) is 2.35. The molecule has 2 atom stereocenters. The van der Waals surface area contributed by atoms with Gasteiger partial charge in [-0.05, 0) is 32.8 Å². The van der Waals surface area contributed by atoms with Gasteiger partial charge in [-0.3, -0.25) is 4.79 Å². The van der Waals surface area contributed by atoms with E-state index in [0.29, 0.717) is 13.0 Å². The third-order valence-electron chi connectivity index (χ3n) is 3.76. The molecule has 6 heteroatoms. The van der Waals surface area contributed by atoms with Gasteiger partial charge in [-0.2, -0.15) is 0 Å². The summed E-state index contributed by atoms with van der Waals surface area (Å²) in [5, 5.41) is 10.2. The highest BCUT2D eigenvalue weighted by molar-refractivity contribution is 5.74. The molecular formula is C18H25NO5. The second kappa shape index (κ2) is 7.66. The zero-order chi connectivity index (χ0) is 17.7. The Balaban J connectivity index is 1.84. The number of likely N-dealkylation sites (tertiary alicyclic amines) is 1. The van der Waals surface area contributed by atoms with Crippen LogP contribution in [0.1, 0.15) is 32.8 Å². The van der Waals surface area contributed by atoms with Crippen molar-refractivity contribution in [3.8, 4) is 0 Å². The third-order valence-corrected chi connectivity index (χ3v) is 3.76. The van der Waals surface area contributed by atoms with Crippen LogP contribution in [-0.2, 0) is 20.9 Å². The van der Waals surface area contributed by atoms with Crippen LogP contribution in [0.3, 0.4) is 0 Å². The molecule has 1 saturated heterocycles. The molecule has 0 aliphatic carbocycles. The highest BCUT2D eigenvalue weighted by Gasteiger charge is 2.37. The van der Waals surface area contributed by atoms with Crippen LogP contribution in [0.4, 0.5) is 4.79 Å². The van der Waals surface area contributed by atoms with Crippen molar-refractivity contribution in [2.45, 2.75) is 45.5 Å². The Morgan fingerprint density at radius 2 is 1.92 bits per heavy atom. The average molecular weight is 335 g/mol. The standard InChI is InChI=1S/C18H25NO5/c1-18(2,3)24-17(22)19-10-9-14(15(20)11-19)16(21)23-12-13-7-5-4-6-8-13/h4-8,14-15,20H,9-12H2,1-3H3/t14-,15+/m1/s1. The topological polar surface area (TPSA) is 76.1 Å². The van der Waals surface area contributed by atoms with Crippen LogP contribution in [-0.4, -0.2) is 46.9 Å². The molecule has 0 saturated carbocycles. The van der Waals surface area contributed by atoms with E-state index in [2.05, 4.69) is 0 Å². The molecule has 1 aromatic carbocycles. The Morgan fingerprint density at radius 3 is 2.50 bits per heavy atom. The fourth-order valence-corrected chi connectivity index (χ4v) is 2.53. The average Bonchev–Trinajstić information content (AvgIpc) is 2.52. The number of aliphatic hydroxyl groups excluding tert-OH is 1. The monoisotopic (exact) mass is 335 g/mol. The fraction of sp³-hybridized carbons (Fsp3) is 0.556. The summed E-state index contributed by atoms with van der Waals surface area (Å²) in [4.78, 5) is 25.6. The van der Waals surface area contributed by atoms with Crippen LogP contribution >= 0.6 is 0 Å². The fourth-order valence-electron chi connectivity index (χ4n) is 2.53. The first-order chi connectivity index (χ1) is 11.3. The maximum atomic E-state index is 12.2. The number of hydrogen-bond acceptors (Lipinski definition) is 5. The molecule has 0 aromatic heterocycles. The van der Waals surface area contributed by atoms with Gasteiger partial charge in [-0.1, -0.05) is 30.3 Å². The minimum absolute atomic E-state index is 0.0695. The first-order valence-electron chi connectivity index (χ1n) is 8.13. The number of nitrogens with zero attached hydrogens (tertiary/aromatic N) is 1. The van der Waals surface area contributed by atoms with Gasteiger partial charge in [0.2, 0.25) is 0 Å². The number of β-amino-alcohol motifs (C(OH)–C–C–N with tert-alkyl or cyclic N) is 1. The Labute approximate surface area is 142 Å². The minimum atomic E-state index is -0.949. The number of carbonyl (C=O) groups excluding carboxylic acids is 2. The Bertz CT molecular complexity index is 567. The van der Waals surface area contributed by atoms with Crippen molar-refractivity contribution in [3.05, 3.63) is 35.9 Å². The predicted molar refractivity (Wildman–Crippen MR) is 88.2 cm³/mol. The lowest BCUT2D eigenvalue weighted by Crippen LogP contribution is -2.50. The van der Waals surface area contributed by atoms with Crippen LogP contribution in [0.2, 0.25) is 0 Å². The summed E-state index contributed by atoms with van der Waals surface area (Å²) in [5.74, 6) is -1.05. The van der Waals surface area contributed by atoms with Gasteiger partial charge in [-0.25, -0.2) is 4.79 Å². The zero-order valence-corrected chi connectivity index (χ0v) is 14.4. The largest absolute Gasteiger partial charge is 0.461 e. The quantitative estimate of drug-likeness (QED) is 0.858. The van der Waals surface area contributed by atoms with Crippen LogP contribution in [0.25, 0.3) is 0 Å². The molecule has 1 aliphatic heterocycles. The van der Waals surface area contributed by atoms with Gasteiger partial charge >= 0.3 is 12.1 Å². The number of carbonyl (C=O) groups is 2. The number of ether oxygens (including phenoxy) is 2. The normalized spacial score (nSPS) is 21.2. The van der Waals surface area contributed by atoms with E-state index in [-0.39, 0.29) is 13.2 Å². The first kappa shape index (κ1) is 18.3. The molecule has 0 unspecified atom stereocenters. The molecule has 1 heterocycles. The highest BCUT2D eigenvalue weighted by atomic mass is 16.6. The number of hydrogen-bond donors (Lipinski definition) is 1. The van der Waals surface area contributed by atoms with E-state index in [4.69, 9.17) is 9.47 Å². The van der Waals surface area contributed by atoms with Gasteiger partial charge in [0.25, 0.3) is 0 Å². The van der Waals surface area contributed by atoms with Crippen molar-refractivity contribution in [3.63, 3.8) is 0 Å². The molecule has 24 heavy (non-hydrogen) atoms. The molecule has 2 rings (SSSR count). The van der Waals surface area contributed by atoms with Gasteiger partial charge in [0.05, 0.1) is 18.6 Å². The van der Waals surface area contributed by atoms with E-state index in [0.717, 1.165) is 5.56 Å². The van der Waals surface area contributed by atoms with Crippen LogP contribution < -0.4 is 0 Å². The molecule has 0 bridgehead atoms. The summed E-state index contributed by atoms with van der Waals surface area (Å²) < 4.78 is 10.6. The summed E-state index contributed by atoms with van der Waals surface area (Å²) in [5.41, 5.74) is 0.305. The molecule has 0 spiro atoms. The molecule has 6 nitrogen and oxygen atoms in total. The van der Waals surface area contributed by atoms with E-state index in [9.17, 15) is 14.7 Å². The molecule has 1 aromatic rings. The van der Waals surface area contributed by atoms with E-state index >= 15 is 0 Å². The van der Waals surface area contributed by atoms with E-state index in [1.54, 1.807) is 20.8 Å². The number of esters is 1. The Hall–Kier alpha value is -2.08. The van der Waals surface area contributed by atoms with Crippen molar-refractivity contribution in [1.29, 1.82) is 0 Å². The lowest BCUT2D eigenvalue weighted by atomic mass is 9.94. The van der Waals surface area contributed by atoms with Gasteiger partial charge in [0.1, 0.15) is 12.2 Å². The second-order valence-corrected chi connectivity index (χ2v) is 6.98. The molecule has 1 aliphatic rings. The number of rotatable bonds is 3. The molecule has 132 valence electrons. The minimum Gasteiger partial charge on any atom is -0.461 e. The summed E-state index contributed by atoms with van der Waals surface area (Å²) in [6.07, 6.45) is -1.07. The highest BCUT2D eigenvalue weighted by Crippen LogP contribution is 2.22. The lowest BCUT2D eigenvalue weighted by molar-refractivity contribution is -0.156. The summed E-state index contributed by atoms with van der Waals surface area (Å²) in [6, 6.07) is 9.37. The van der Waals surface area contributed by atoms with Gasteiger partial charge in [0, 0.05) is 6.54 Å². The number of piperidine rings is 1. The molecule has 1 fully saturated rings. The molecule has 1 N–H and O–H groups in total. The number of aliphatic hydroxyl groups is 1. The SMILES string of the molecule is CC(C)(C)OC(=O)N1CC[C@@H](C(=O)OCc2ccccc2)[C@@H](O)C1. The van der Waals surface area contributed by atoms with Crippen LogP contribution in [0.15, 0.2) is 30.3 Å². The summed E-state index contributed by atoms with van der Waals surface area (Å²) in [6.45, 7) is 5.97. The van der Waals surface area contributed by atoms with Crippen LogP contribution in [0, 0.1) is 5.92 Å². The Kier molecular flexibility index (Phi) is 5.83. The van der Waals surface area contributed by atoms with Crippen molar-refractivity contribution in [2.24, 2.45) is 5.92 Å². The molecular weight excluding hydrogens is 310 g/mol. The summed E-state index contributed by atoms with van der Waals surface area (Å²) >= 11 is 0. The van der Waals surface area contributed by atoms with Crippen molar-refractivity contribution >= 4 is 12.1 Å². The lowest BCUT2D eigenvalue weighted by Gasteiger charge is -2.35. The number of amides is 1. The summed E-state index contributed by atoms with van der Waals surface area (Å²) in [7, 11) is 0.